The van der Waals surface area contributed by atoms with Crippen LogP contribution in [0.2, 0.25) is 0 Å². The highest BCUT2D eigenvalue weighted by Crippen LogP contribution is 2.34. The zero-order valence-electron chi connectivity index (χ0n) is 19.3. The van der Waals surface area contributed by atoms with Gasteiger partial charge in [-0.15, -0.1) is 0 Å². The van der Waals surface area contributed by atoms with Crippen LogP contribution in [-0.2, 0) is 20.7 Å². The molecule has 3 heterocycles. The number of Topliss-reactive ketones (excluding diaryl/α,β-unsaturated/α-hetero) is 1. The van der Waals surface area contributed by atoms with E-state index in [0.717, 1.165) is 6.07 Å². The molecule has 1 aliphatic carbocycles. The Balaban J connectivity index is 1.46. The molecule has 2 unspecified atom stereocenters. The van der Waals surface area contributed by atoms with Gasteiger partial charge in [0.2, 0.25) is 11.5 Å². The summed E-state index contributed by atoms with van der Waals surface area (Å²) in [4.78, 5) is 21.7. The number of carbonyl (C=O) groups excluding carboxylic acids is 1. The Bertz CT molecular complexity index is 1400. The summed E-state index contributed by atoms with van der Waals surface area (Å²) in [5.41, 5.74) is 0.377. The van der Waals surface area contributed by atoms with Crippen molar-refractivity contribution in [1.29, 1.82) is 0 Å². The quantitative estimate of drug-likeness (QED) is 0.323. The van der Waals surface area contributed by atoms with E-state index < -0.39 is 45.8 Å². The summed E-state index contributed by atoms with van der Waals surface area (Å²) in [6.45, 7) is 1.34. The number of ketones is 1. The molecule has 15 heteroatoms. The van der Waals surface area contributed by atoms with E-state index in [1.54, 1.807) is 13.1 Å². The lowest BCUT2D eigenvalue weighted by Crippen LogP contribution is -3.01. The summed E-state index contributed by atoms with van der Waals surface area (Å²) in [6.07, 6.45) is 2.46. The van der Waals surface area contributed by atoms with Crippen molar-refractivity contribution in [3.8, 4) is 0 Å². The summed E-state index contributed by atoms with van der Waals surface area (Å²) in [5.74, 6) is -2.50. The number of nitrogens with zero attached hydrogens (tertiary/aromatic N) is 2. The number of nitrogens with two attached hydrogens (primary N) is 1. The van der Waals surface area contributed by atoms with E-state index in [2.05, 4.69) is 19.5 Å². The average Bonchev–Trinajstić information content (AvgIpc) is 3.57. The van der Waals surface area contributed by atoms with Crippen LogP contribution in [0, 0.1) is 5.92 Å². The molecule has 0 fully saturated rings. The summed E-state index contributed by atoms with van der Waals surface area (Å²) >= 11 is 0. The Kier molecular flexibility index (Phi) is 7.32. The van der Waals surface area contributed by atoms with Crippen LogP contribution in [0.1, 0.15) is 47.7 Å². The van der Waals surface area contributed by atoms with E-state index in [4.69, 9.17) is 9.56 Å². The fourth-order valence-corrected chi connectivity index (χ4v) is 4.33. The predicted octanol–water partition coefficient (Wildman–Crippen LogP) is 2.55. The number of nitrogens with one attached hydrogen (secondary N) is 2. The molecule has 198 valence electrons. The van der Waals surface area contributed by atoms with Gasteiger partial charge in [-0.25, -0.2) is 19.5 Å². The molecule has 2 aromatic heterocycles. The Morgan fingerprint density at radius 2 is 2.11 bits per heavy atom. The molecular weight excluding hydrogens is 522 g/mol. The van der Waals surface area contributed by atoms with E-state index in [1.165, 1.54) is 30.9 Å². The summed E-state index contributed by atoms with van der Waals surface area (Å²) in [5, 5.41) is 7.59. The Labute approximate surface area is 208 Å². The SMILES string of the molecule is CC(c1ccc(C(F)(F)F)o1)[NH+]1C=CC(C(=O)c2cncnc2NC2=C(F)C[C@@H](COS(N)(=O)=O)C2)=C1. The molecule has 0 bridgehead atoms. The van der Waals surface area contributed by atoms with Gasteiger partial charge in [-0.3, -0.25) is 13.9 Å². The van der Waals surface area contributed by atoms with Crippen molar-refractivity contribution in [3.63, 3.8) is 0 Å². The Morgan fingerprint density at radius 3 is 2.78 bits per heavy atom. The summed E-state index contributed by atoms with van der Waals surface area (Å²) < 4.78 is 84.5. The maximum absolute atomic E-state index is 14.5. The first-order valence-electron chi connectivity index (χ1n) is 10.9. The molecule has 2 aromatic rings. The van der Waals surface area contributed by atoms with Crippen molar-refractivity contribution in [2.75, 3.05) is 11.9 Å². The van der Waals surface area contributed by atoms with Gasteiger partial charge in [0.25, 0.3) is 0 Å². The number of furan rings is 1. The van der Waals surface area contributed by atoms with E-state index >= 15 is 0 Å². The molecule has 10 nitrogen and oxygen atoms in total. The van der Waals surface area contributed by atoms with Gasteiger partial charge in [0.15, 0.2) is 11.8 Å². The lowest BCUT2D eigenvalue weighted by Gasteiger charge is -2.14. The van der Waals surface area contributed by atoms with Gasteiger partial charge in [0.05, 0.1) is 17.7 Å². The topological polar surface area (TPSA) is 142 Å². The molecule has 37 heavy (non-hydrogen) atoms. The molecule has 0 amide bonds. The average molecular weight is 545 g/mol. The van der Waals surface area contributed by atoms with Gasteiger partial charge in [-0.1, -0.05) is 0 Å². The lowest BCUT2D eigenvalue weighted by molar-refractivity contribution is -0.823. The highest BCUT2D eigenvalue weighted by Gasteiger charge is 2.36. The van der Waals surface area contributed by atoms with Crippen LogP contribution in [0.25, 0.3) is 0 Å². The van der Waals surface area contributed by atoms with Crippen molar-refractivity contribution in [1.82, 2.24) is 9.97 Å². The van der Waals surface area contributed by atoms with Crippen LogP contribution in [0.5, 0.6) is 0 Å². The molecule has 0 spiro atoms. The number of halogens is 4. The number of carbonyl (C=O) groups is 1. The largest absolute Gasteiger partial charge is 0.450 e. The zero-order chi connectivity index (χ0) is 27.0. The molecule has 4 rings (SSSR count). The van der Waals surface area contributed by atoms with E-state index in [0.29, 0.717) is 4.90 Å². The highest BCUT2D eigenvalue weighted by molar-refractivity contribution is 7.84. The maximum Gasteiger partial charge on any atom is 0.449 e. The zero-order valence-corrected chi connectivity index (χ0v) is 20.1. The second kappa shape index (κ2) is 10.2. The van der Waals surface area contributed by atoms with Crippen LogP contribution >= 0.6 is 0 Å². The normalized spacial score (nSPS) is 20.9. The molecular formula is C22H22F4N5O5S+. The molecule has 0 saturated heterocycles. The fraction of sp³-hybridized carbons (Fsp3) is 0.318. The number of alkyl halides is 3. The molecule has 0 radical (unpaired) electrons. The number of quaternary nitrogens is 1. The fourth-order valence-electron chi connectivity index (χ4n) is 3.94. The Morgan fingerprint density at radius 1 is 1.35 bits per heavy atom. The molecule has 1 aliphatic heterocycles. The van der Waals surface area contributed by atoms with Crippen LogP contribution in [0.15, 0.2) is 64.6 Å². The van der Waals surface area contributed by atoms with Crippen LogP contribution in [0.4, 0.5) is 23.4 Å². The summed E-state index contributed by atoms with van der Waals surface area (Å²) in [7, 11) is -4.16. The number of hydrogen-bond acceptors (Lipinski definition) is 8. The number of allylic oxidation sites excluding steroid dienone is 4. The number of aromatic nitrogens is 2. The molecule has 4 N–H and O–H groups in total. The first kappa shape index (κ1) is 26.7. The third-order valence-electron chi connectivity index (χ3n) is 5.85. The first-order chi connectivity index (χ1) is 17.3. The standard InChI is InChI=1S/C22H21F4N5O5S/c1-12(18-2-3-19(36-18)22(24,25)26)31-5-4-14(9-31)20(32)15-8-28-11-29-21(15)30-17-7-13(6-16(17)23)10-35-37(27,33)34/h2-5,8-9,11-13H,6-7,10H2,1H3,(H2,27,33,34)(H,28,29,30)/p+1/t12?,13-/m1/s1. The molecule has 0 aromatic carbocycles. The van der Waals surface area contributed by atoms with Crippen LogP contribution in [0.3, 0.4) is 0 Å². The Hall–Kier alpha value is -3.40. The minimum absolute atomic E-state index is 0.0363. The highest BCUT2D eigenvalue weighted by atomic mass is 32.2. The van der Waals surface area contributed by atoms with E-state index in [-0.39, 0.29) is 47.9 Å². The smallest absolute Gasteiger partial charge is 0.449 e. The van der Waals surface area contributed by atoms with Gasteiger partial charge < -0.3 is 9.73 Å². The monoisotopic (exact) mass is 544 g/mol. The van der Waals surface area contributed by atoms with Crippen molar-refractivity contribution < 1.29 is 44.3 Å². The van der Waals surface area contributed by atoms with Crippen molar-refractivity contribution in [2.45, 2.75) is 32.0 Å². The van der Waals surface area contributed by atoms with E-state index in [1.807, 2.05) is 0 Å². The number of rotatable bonds is 9. The van der Waals surface area contributed by atoms with Gasteiger partial charge in [0, 0.05) is 24.4 Å². The third kappa shape index (κ3) is 6.30. The molecule has 3 atom stereocenters. The van der Waals surface area contributed by atoms with Gasteiger partial charge in [-0.05, 0) is 31.4 Å². The minimum Gasteiger partial charge on any atom is -0.450 e. The van der Waals surface area contributed by atoms with E-state index in [9.17, 15) is 30.8 Å². The van der Waals surface area contributed by atoms with Crippen molar-refractivity contribution in [3.05, 3.63) is 77.3 Å². The van der Waals surface area contributed by atoms with Gasteiger partial charge in [0.1, 0.15) is 30.4 Å². The molecule has 0 saturated carbocycles. The molecule has 2 aliphatic rings. The number of anilines is 1. The second-order valence-electron chi connectivity index (χ2n) is 8.53. The van der Waals surface area contributed by atoms with Crippen molar-refractivity contribution in [2.24, 2.45) is 11.1 Å². The van der Waals surface area contributed by atoms with Crippen molar-refractivity contribution >= 4 is 21.9 Å². The van der Waals surface area contributed by atoms with Gasteiger partial charge >= 0.3 is 16.5 Å². The maximum atomic E-state index is 14.5. The van der Waals surface area contributed by atoms with Crippen LogP contribution in [-0.4, -0.2) is 30.8 Å². The van der Waals surface area contributed by atoms with Gasteiger partial charge in [-0.2, -0.15) is 21.6 Å². The second-order valence-corrected chi connectivity index (χ2v) is 9.75. The summed E-state index contributed by atoms with van der Waals surface area (Å²) in [6, 6.07) is 1.53. The lowest BCUT2D eigenvalue weighted by atomic mass is 10.1. The number of hydrogen-bond donors (Lipinski definition) is 3. The first-order valence-corrected chi connectivity index (χ1v) is 12.4. The predicted molar refractivity (Wildman–Crippen MR) is 120 cm³/mol. The van der Waals surface area contributed by atoms with Crippen LogP contribution < -0.4 is 15.4 Å². The third-order valence-corrected chi connectivity index (χ3v) is 6.32. The minimum atomic E-state index is -4.61.